The fourth-order valence-electron chi connectivity index (χ4n) is 2.75. The van der Waals surface area contributed by atoms with Crippen molar-refractivity contribution >= 4 is 6.03 Å². The molecular weight excluding hydrogens is 280 g/mol. The maximum Gasteiger partial charge on any atom is 0.317 e. The lowest BCUT2D eigenvalue weighted by Crippen LogP contribution is -2.43. The van der Waals surface area contributed by atoms with Gasteiger partial charge in [-0.2, -0.15) is 5.10 Å². The van der Waals surface area contributed by atoms with Crippen molar-refractivity contribution in [2.24, 2.45) is 0 Å². The Kier molecular flexibility index (Phi) is 4.39. The molecule has 1 aliphatic rings. The van der Waals surface area contributed by atoms with Crippen LogP contribution in [0.1, 0.15) is 18.4 Å². The highest BCUT2D eigenvalue weighted by Crippen LogP contribution is 2.16. The summed E-state index contributed by atoms with van der Waals surface area (Å²) in [6.45, 7) is 1.17. The first-order valence-electron chi connectivity index (χ1n) is 7.52. The van der Waals surface area contributed by atoms with Crippen molar-refractivity contribution in [3.05, 3.63) is 48.3 Å². The molecule has 1 saturated heterocycles. The molecule has 6 nitrogen and oxygen atoms in total. The van der Waals surface area contributed by atoms with Crippen molar-refractivity contribution < 1.29 is 9.90 Å². The number of nitrogens with one attached hydrogen (secondary N) is 1. The number of nitrogens with zero attached hydrogens (tertiary/aromatic N) is 3. The fraction of sp³-hybridized carbons (Fsp3) is 0.375. The van der Waals surface area contributed by atoms with Gasteiger partial charge < -0.3 is 15.3 Å². The van der Waals surface area contributed by atoms with Gasteiger partial charge in [-0.25, -0.2) is 9.48 Å². The van der Waals surface area contributed by atoms with Gasteiger partial charge in [0.2, 0.25) is 0 Å². The van der Waals surface area contributed by atoms with E-state index in [1.54, 1.807) is 15.8 Å². The van der Waals surface area contributed by atoms with E-state index in [0.717, 1.165) is 24.1 Å². The van der Waals surface area contributed by atoms with Crippen LogP contribution in [0.25, 0.3) is 5.69 Å². The predicted octanol–water partition coefficient (Wildman–Crippen LogP) is 1.54. The monoisotopic (exact) mass is 300 g/mol. The van der Waals surface area contributed by atoms with E-state index >= 15 is 0 Å². The zero-order valence-electron chi connectivity index (χ0n) is 12.4. The van der Waals surface area contributed by atoms with Crippen molar-refractivity contribution in [1.82, 2.24) is 20.0 Å². The number of aliphatic hydroxyl groups is 1. The predicted molar refractivity (Wildman–Crippen MR) is 82.6 cm³/mol. The van der Waals surface area contributed by atoms with Crippen LogP contribution in [0, 0.1) is 0 Å². The van der Waals surface area contributed by atoms with Gasteiger partial charge in [-0.1, -0.05) is 18.2 Å². The summed E-state index contributed by atoms with van der Waals surface area (Å²) in [5, 5.41) is 16.5. The molecular formula is C16H20N4O2. The molecule has 1 aromatic heterocycles. The van der Waals surface area contributed by atoms with E-state index in [9.17, 15) is 9.90 Å². The smallest absolute Gasteiger partial charge is 0.317 e. The lowest BCUT2D eigenvalue weighted by molar-refractivity contribution is 0.157. The van der Waals surface area contributed by atoms with Crippen LogP contribution in [0.2, 0.25) is 0 Å². The highest BCUT2D eigenvalue weighted by atomic mass is 16.3. The van der Waals surface area contributed by atoms with Gasteiger partial charge in [-0.15, -0.1) is 0 Å². The van der Waals surface area contributed by atoms with Crippen LogP contribution in [0.4, 0.5) is 4.79 Å². The fourth-order valence-corrected chi connectivity index (χ4v) is 2.75. The van der Waals surface area contributed by atoms with Crippen molar-refractivity contribution in [1.29, 1.82) is 0 Å². The minimum absolute atomic E-state index is 0.0271. The zero-order valence-corrected chi connectivity index (χ0v) is 12.4. The van der Waals surface area contributed by atoms with Crippen molar-refractivity contribution in [3.8, 4) is 5.69 Å². The first kappa shape index (κ1) is 14.6. The molecule has 0 aliphatic carbocycles. The molecule has 3 rings (SSSR count). The van der Waals surface area contributed by atoms with Crippen LogP contribution in [0.15, 0.2) is 42.7 Å². The molecule has 0 spiro atoms. The molecule has 1 unspecified atom stereocenters. The number of para-hydroxylation sites is 1. The van der Waals surface area contributed by atoms with Crippen LogP contribution < -0.4 is 5.32 Å². The molecule has 0 radical (unpaired) electrons. The lowest BCUT2D eigenvalue weighted by atomic mass is 10.2. The Morgan fingerprint density at radius 2 is 2.18 bits per heavy atom. The van der Waals surface area contributed by atoms with Crippen LogP contribution in [-0.2, 0) is 6.54 Å². The van der Waals surface area contributed by atoms with Crippen molar-refractivity contribution in [2.75, 3.05) is 13.2 Å². The van der Waals surface area contributed by atoms with E-state index in [1.165, 1.54) is 0 Å². The number of hydrogen-bond acceptors (Lipinski definition) is 3. The summed E-state index contributed by atoms with van der Waals surface area (Å²) >= 11 is 0. The number of carbonyl (C=O) groups excluding carboxylic acids is 1. The minimum Gasteiger partial charge on any atom is -0.394 e. The Balaban J connectivity index is 1.58. The Labute approximate surface area is 129 Å². The Bertz CT molecular complexity index is 626. The largest absolute Gasteiger partial charge is 0.394 e. The van der Waals surface area contributed by atoms with Gasteiger partial charge in [-0.05, 0) is 25.0 Å². The average Bonchev–Trinajstić information content (AvgIpc) is 3.22. The number of aliphatic hydroxyl groups excluding tert-OH is 1. The number of urea groups is 1. The van der Waals surface area contributed by atoms with E-state index in [4.69, 9.17) is 0 Å². The van der Waals surface area contributed by atoms with Crippen molar-refractivity contribution in [2.45, 2.75) is 25.4 Å². The number of likely N-dealkylation sites (tertiary alicyclic amines) is 1. The van der Waals surface area contributed by atoms with Crippen LogP contribution >= 0.6 is 0 Å². The first-order valence-corrected chi connectivity index (χ1v) is 7.52. The number of benzene rings is 1. The number of rotatable bonds is 4. The van der Waals surface area contributed by atoms with Crippen LogP contribution in [0.3, 0.4) is 0 Å². The number of hydrogen-bond donors (Lipinski definition) is 2. The third-order valence-corrected chi connectivity index (χ3v) is 3.95. The summed E-state index contributed by atoms with van der Waals surface area (Å²) in [6, 6.07) is 9.66. The number of amides is 2. The molecule has 1 fully saturated rings. The van der Waals surface area contributed by atoms with E-state index in [-0.39, 0.29) is 18.7 Å². The quantitative estimate of drug-likeness (QED) is 0.900. The van der Waals surface area contributed by atoms with E-state index in [2.05, 4.69) is 10.4 Å². The molecule has 22 heavy (non-hydrogen) atoms. The Morgan fingerprint density at radius 3 is 2.95 bits per heavy atom. The molecule has 1 aromatic carbocycles. The summed E-state index contributed by atoms with van der Waals surface area (Å²) in [6.07, 6.45) is 5.48. The van der Waals surface area contributed by atoms with Gasteiger partial charge >= 0.3 is 6.03 Å². The second-order valence-electron chi connectivity index (χ2n) is 5.46. The molecule has 2 heterocycles. The van der Waals surface area contributed by atoms with E-state index in [0.29, 0.717) is 13.1 Å². The van der Waals surface area contributed by atoms with Gasteiger partial charge in [0.05, 0.1) is 24.5 Å². The lowest BCUT2D eigenvalue weighted by Gasteiger charge is -2.23. The minimum atomic E-state index is -0.121. The van der Waals surface area contributed by atoms with Crippen LogP contribution in [0.5, 0.6) is 0 Å². The third kappa shape index (κ3) is 3.12. The third-order valence-electron chi connectivity index (χ3n) is 3.95. The summed E-state index contributed by atoms with van der Waals surface area (Å²) < 4.78 is 1.79. The van der Waals surface area contributed by atoms with Crippen LogP contribution in [-0.4, -0.2) is 45.0 Å². The second-order valence-corrected chi connectivity index (χ2v) is 5.46. The molecule has 1 aliphatic heterocycles. The Hall–Kier alpha value is -2.34. The SMILES string of the molecule is O=C(NCc1cnn(-c2ccccc2)c1)N1CCCC1CO. The molecule has 1 atom stereocenters. The van der Waals surface area contributed by atoms with Gasteiger partial charge in [0.25, 0.3) is 0 Å². The summed E-state index contributed by atoms with van der Waals surface area (Å²) in [4.78, 5) is 13.9. The van der Waals surface area contributed by atoms with E-state index in [1.807, 2.05) is 36.5 Å². The second kappa shape index (κ2) is 6.62. The average molecular weight is 300 g/mol. The standard InChI is InChI=1S/C16H20N4O2/c21-12-15-7-4-8-19(15)16(22)17-9-13-10-18-20(11-13)14-5-2-1-3-6-14/h1-3,5-6,10-11,15,21H,4,7-9,12H2,(H,17,22). The first-order chi connectivity index (χ1) is 10.8. The molecule has 0 bridgehead atoms. The van der Waals surface area contributed by atoms with Gasteiger partial charge in [0.15, 0.2) is 0 Å². The maximum atomic E-state index is 12.1. The highest BCUT2D eigenvalue weighted by Gasteiger charge is 2.27. The number of carbonyl (C=O) groups is 1. The summed E-state index contributed by atoms with van der Waals surface area (Å²) in [5.74, 6) is 0. The van der Waals surface area contributed by atoms with Crippen molar-refractivity contribution in [3.63, 3.8) is 0 Å². The summed E-state index contributed by atoms with van der Waals surface area (Å²) in [7, 11) is 0. The molecule has 2 aromatic rings. The Morgan fingerprint density at radius 1 is 1.36 bits per heavy atom. The van der Waals surface area contributed by atoms with Gasteiger partial charge in [0, 0.05) is 24.8 Å². The molecule has 116 valence electrons. The summed E-state index contributed by atoms with van der Waals surface area (Å²) in [5.41, 5.74) is 1.93. The number of aromatic nitrogens is 2. The topological polar surface area (TPSA) is 70.4 Å². The molecule has 6 heteroatoms. The molecule has 2 amide bonds. The molecule has 2 N–H and O–H groups in total. The molecule has 0 saturated carbocycles. The van der Waals surface area contributed by atoms with Gasteiger partial charge in [0.1, 0.15) is 0 Å². The zero-order chi connectivity index (χ0) is 15.4. The normalized spacial score (nSPS) is 17.7. The van der Waals surface area contributed by atoms with Gasteiger partial charge in [-0.3, -0.25) is 0 Å². The maximum absolute atomic E-state index is 12.1. The highest BCUT2D eigenvalue weighted by molar-refractivity contribution is 5.74. The van der Waals surface area contributed by atoms with E-state index < -0.39 is 0 Å².